The number of nitrogens with zero attached hydrogens (tertiary/aromatic N) is 4. The van der Waals surface area contributed by atoms with E-state index < -0.39 is 23.4 Å². The van der Waals surface area contributed by atoms with E-state index in [9.17, 15) is 4.79 Å². The number of hydrogen-bond donors (Lipinski definition) is 1. The van der Waals surface area contributed by atoms with Gasteiger partial charge in [-0.2, -0.15) is 5.10 Å². The molecule has 2 aromatic heterocycles. The molecule has 32 heavy (non-hydrogen) atoms. The van der Waals surface area contributed by atoms with E-state index in [1.54, 1.807) is 6.08 Å². The van der Waals surface area contributed by atoms with Gasteiger partial charge in [-0.1, -0.05) is 0 Å². The number of anilines is 2. The van der Waals surface area contributed by atoms with Crippen molar-refractivity contribution in [2.45, 2.75) is 13.5 Å². The first-order valence-corrected chi connectivity index (χ1v) is 9.72. The molecule has 2 amide bonds. The van der Waals surface area contributed by atoms with Crippen molar-refractivity contribution in [2.24, 2.45) is 0 Å². The lowest BCUT2D eigenvalue weighted by molar-refractivity contribution is 0.250. The number of rotatable bonds is 6. The molecule has 4 rings (SSSR count). The van der Waals surface area contributed by atoms with Gasteiger partial charge in [-0.15, -0.1) is 0 Å². The Hall–Kier alpha value is -3.89. The lowest BCUT2D eigenvalue weighted by Gasteiger charge is -2.35. The SMILES string of the molecule is CCO/C=C\c1n[nH]c2ncc3c(c12)N(C)C(=O)N(c1c(F)c(OC)cc(OC)c1F)C3. The summed E-state index contributed by atoms with van der Waals surface area (Å²) in [5.41, 5.74) is 1.54. The number of nitrogens with one attached hydrogen (secondary N) is 1. The molecule has 0 bridgehead atoms. The lowest BCUT2D eigenvalue weighted by Crippen LogP contribution is -2.46. The van der Waals surface area contributed by atoms with Crippen LogP contribution in [0.25, 0.3) is 17.1 Å². The fourth-order valence-corrected chi connectivity index (χ4v) is 3.66. The molecular formula is C21H21F2N5O4. The number of methoxy groups -OCH3 is 2. The molecule has 0 unspecified atom stereocenters. The molecule has 0 spiro atoms. The number of hydrogen-bond acceptors (Lipinski definition) is 6. The maximum atomic E-state index is 15.1. The highest BCUT2D eigenvalue weighted by molar-refractivity contribution is 6.12. The van der Waals surface area contributed by atoms with Crippen molar-refractivity contribution in [2.75, 3.05) is 37.7 Å². The number of halogens is 2. The second kappa shape index (κ2) is 8.33. The first-order chi connectivity index (χ1) is 15.4. The minimum absolute atomic E-state index is 0.120. The van der Waals surface area contributed by atoms with Crippen LogP contribution in [0, 0.1) is 11.6 Å². The van der Waals surface area contributed by atoms with Gasteiger partial charge < -0.3 is 14.2 Å². The standard InChI is InChI=1S/C21H21F2N5O4/c1-5-32-7-6-12-15-18-11(9-24-20(15)26-25-12)10-28(21(29)27(18)2)19-16(22)13(30-3)8-14(31-4)17(19)23/h6-9H,5,10H2,1-4H3,(H,24,25,26)/b7-6-. The molecule has 0 saturated heterocycles. The van der Waals surface area contributed by atoms with Crippen molar-refractivity contribution in [1.29, 1.82) is 0 Å². The Bertz CT molecular complexity index is 1200. The minimum Gasteiger partial charge on any atom is -0.501 e. The van der Waals surface area contributed by atoms with Crippen LogP contribution in [0.3, 0.4) is 0 Å². The van der Waals surface area contributed by atoms with Crippen LogP contribution >= 0.6 is 0 Å². The largest absolute Gasteiger partial charge is 0.501 e. The van der Waals surface area contributed by atoms with Gasteiger partial charge >= 0.3 is 6.03 Å². The molecule has 11 heteroatoms. The Labute approximate surface area is 182 Å². The minimum atomic E-state index is -1.01. The van der Waals surface area contributed by atoms with Crippen LogP contribution in [0.1, 0.15) is 18.2 Å². The molecule has 0 atom stereocenters. The Morgan fingerprint density at radius 2 is 1.88 bits per heavy atom. The molecule has 0 fully saturated rings. The van der Waals surface area contributed by atoms with Crippen molar-refractivity contribution >= 4 is 34.5 Å². The smallest absolute Gasteiger partial charge is 0.329 e. The summed E-state index contributed by atoms with van der Waals surface area (Å²) in [6, 6.07) is 0.451. The lowest BCUT2D eigenvalue weighted by atomic mass is 10.1. The zero-order valence-electron chi connectivity index (χ0n) is 17.9. The van der Waals surface area contributed by atoms with Crippen molar-refractivity contribution in [1.82, 2.24) is 15.2 Å². The number of aromatic nitrogens is 3. The Kier molecular flexibility index (Phi) is 5.56. The maximum Gasteiger partial charge on any atom is 0.329 e. The molecule has 1 aliphatic rings. The summed E-state index contributed by atoms with van der Waals surface area (Å²) in [5, 5.41) is 7.64. The van der Waals surface area contributed by atoms with Gasteiger partial charge in [0.2, 0.25) is 0 Å². The van der Waals surface area contributed by atoms with E-state index in [1.807, 2.05) is 6.92 Å². The van der Waals surface area contributed by atoms with Gasteiger partial charge in [0.05, 0.1) is 50.4 Å². The second-order valence-corrected chi connectivity index (χ2v) is 6.91. The van der Waals surface area contributed by atoms with E-state index in [1.165, 1.54) is 38.6 Å². The zero-order valence-corrected chi connectivity index (χ0v) is 17.9. The molecule has 9 nitrogen and oxygen atoms in total. The molecule has 0 aliphatic carbocycles. The van der Waals surface area contributed by atoms with Crippen LogP contribution in [-0.2, 0) is 11.3 Å². The van der Waals surface area contributed by atoms with Crippen LogP contribution in [0.4, 0.5) is 25.0 Å². The van der Waals surface area contributed by atoms with E-state index in [0.29, 0.717) is 34.6 Å². The number of fused-ring (bicyclic) bond motifs is 3. The van der Waals surface area contributed by atoms with Crippen molar-refractivity contribution in [3.8, 4) is 11.5 Å². The molecule has 3 heterocycles. The number of urea groups is 1. The van der Waals surface area contributed by atoms with Crippen LogP contribution in [0.2, 0.25) is 0 Å². The van der Waals surface area contributed by atoms with Crippen molar-refractivity contribution in [3.05, 3.63) is 41.4 Å². The van der Waals surface area contributed by atoms with Crippen molar-refractivity contribution < 1.29 is 27.8 Å². The van der Waals surface area contributed by atoms with E-state index >= 15 is 8.78 Å². The van der Waals surface area contributed by atoms with E-state index in [2.05, 4.69) is 15.2 Å². The molecule has 168 valence electrons. The number of amides is 2. The molecule has 1 aliphatic heterocycles. The average molecular weight is 445 g/mol. The number of ether oxygens (including phenoxy) is 3. The van der Waals surface area contributed by atoms with E-state index in [0.717, 1.165) is 11.0 Å². The number of H-pyrrole nitrogens is 1. The highest BCUT2D eigenvalue weighted by atomic mass is 19.1. The third-order valence-electron chi connectivity index (χ3n) is 5.16. The highest BCUT2D eigenvalue weighted by Gasteiger charge is 2.36. The van der Waals surface area contributed by atoms with Gasteiger partial charge in [-0.3, -0.25) is 14.9 Å². The monoisotopic (exact) mass is 445 g/mol. The third kappa shape index (κ3) is 3.26. The number of carbonyl (C=O) groups is 1. The van der Waals surface area contributed by atoms with Crippen LogP contribution in [0.5, 0.6) is 11.5 Å². The first kappa shape index (κ1) is 21.3. The topological polar surface area (TPSA) is 92.8 Å². The summed E-state index contributed by atoms with van der Waals surface area (Å²) in [7, 11) is 4.01. The van der Waals surface area contributed by atoms with Gasteiger partial charge in [0, 0.05) is 31.0 Å². The molecule has 0 radical (unpaired) electrons. The van der Waals surface area contributed by atoms with Gasteiger partial charge in [0.15, 0.2) is 28.8 Å². The number of benzene rings is 1. The number of aromatic amines is 1. The van der Waals surface area contributed by atoms with Crippen molar-refractivity contribution in [3.63, 3.8) is 0 Å². The molecule has 3 aromatic rings. The predicted molar refractivity (Wildman–Crippen MR) is 114 cm³/mol. The maximum absolute atomic E-state index is 15.1. The Balaban J connectivity index is 1.86. The van der Waals surface area contributed by atoms with Crippen LogP contribution in [-0.4, -0.2) is 49.1 Å². The van der Waals surface area contributed by atoms with Crippen LogP contribution < -0.4 is 19.3 Å². The summed E-state index contributed by atoms with van der Waals surface area (Å²) in [6.07, 6.45) is 4.69. The summed E-state index contributed by atoms with van der Waals surface area (Å²) >= 11 is 0. The van der Waals surface area contributed by atoms with Gasteiger partial charge in [0.25, 0.3) is 0 Å². The molecule has 0 saturated carbocycles. The molecule has 1 aromatic carbocycles. The summed E-state index contributed by atoms with van der Waals surface area (Å²) < 4.78 is 45.4. The third-order valence-corrected chi connectivity index (χ3v) is 5.16. The van der Waals surface area contributed by atoms with Gasteiger partial charge in [-0.05, 0) is 6.92 Å². The zero-order chi connectivity index (χ0) is 23.0. The second-order valence-electron chi connectivity index (χ2n) is 6.91. The summed E-state index contributed by atoms with van der Waals surface area (Å²) in [4.78, 5) is 19.9. The number of pyridine rings is 1. The first-order valence-electron chi connectivity index (χ1n) is 9.72. The summed E-state index contributed by atoms with van der Waals surface area (Å²) in [5.74, 6) is -2.50. The molecular weight excluding hydrogens is 424 g/mol. The predicted octanol–water partition coefficient (Wildman–Crippen LogP) is 3.84. The van der Waals surface area contributed by atoms with E-state index in [-0.39, 0.29) is 18.0 Å². The number of carbonyl (C=O) groups excluding carboxylic acids is 1. The fraction of sp³-hybridized carbons (Fsp3) is 0.286. The fourth-order valence-electron chi connectivity index (χ4n) is 3.66. The van der Waals surface area contributed by atoms with E-state index in [4.69, 9.17) is 14.2 Å². The van der Waals surface area contributed by atoms with Gasteiger partial charge in [-0.25, -0.2) is 18.6 Å². The normalized spacial score (nSPS) is 13.8. The Morgan fingerprint density at radius 1 is 1.19 bits per heavy atom. The Morgan fingerprint density at radius 3 is 2.50 bits per heavy atom. The average Bonchev–Trinajstić information content (AvgIpc) is 3.20. The van der Waals surface area contributed by atoms with Gasteiger partial charge in [0.1, 0.15) is 5.69 Å². The van der Waals surface area contributed by atoms with Crippen LogP contribution in [0.15, 0.2) is 18.5 Å². The summed E-state index contributed by atoms with van der Waals surface area (Å²) in [6.45, 7) is 2.22. The highest BCUT2D eigenvalue weighted by Crippen LogP contribution is 2.42. The molecule has 1 N–H and O–H groups in total. The quantitative estimate of drug-likeness (QED) is 0.580.